The lowest BCUT2D eigenvalue weighted by molar-refractivity contribution is 0.206. The third-order valence-electron chi connectivity index (χ3n) is 6.29. The Bertz CT molecular complexity index is 1320. The van der Waals surface area contributed by atoms with Gasteiger partial charge in [-0.1, -0.05) is 13.0 Å². The van der Waals surface area contributed by atoms with Crippen molar-refractivity contribution in [2.45, 2.75) is 25.2 Å². The van der Waals surface area contributed by atoms with E-state index in [0.29, 0.717) is 11.7 Å². The Balaban J connectivity index is 1.43. The van der Waals surface area contributed by atoms with Gasteiger partial charge in [-0.25, -0.2) is 9.97 Å². The number of nitrogens with one attached hydrogen (secondary N) is 1. The van der Waals surface area contributed by atoms with Crippen molar-refractivity contribution < 1.29 is 9.84 Å². The average molecular weight is 443 g/mol. The number of benzene rings is 1. The summed E-state index contributed by atoms with van der Waals surface area (Å²) in [6.45, 7) is 2.19. The maximum Gasteiger partial charge on any atom is 0.227 e. The largest absolute Gasteiger partial charge is 0.495 e. The fraction of sp³-hybridized carbons (Fsp3) is 0.280. The SMILES string of the molecule is COc1cc(-c2ccn(C)n2)ccc1Nc1nccc(-c2cnc3c(c2)C(C)(CO)CC3)n1. The quantitative estimate of drug-likeness (QED) is 0.467. The van der Waals surface area contributed by atoms with Gasteiger partial charge < -0.3 is 15.2 Å². The van der Waals surface area contributed by atoms with Gasteiger partial charge >= 0.3 is 0 Å². The molecule has 8 heteroatoms. The lowest BCUT2D eigenvalue weighted by Gasteiger charge is -2.22. The summed E-state index contributed by atoms with van der Waals surface area (Å²) >= 11 is 0. The number of nitrogens with zero attached hydrogens (tertiary/aromatic N) is 5. The molecule has 0 fully saturated rings. The number of fused-ring (bicyclic) bond motifs is 1. The normalized spacial score (nSPS) is 17.1. The fourth-order valence-electron chi connectivity index (χ4n) is 4.27. The minimum atomic E-state index is -0.255. The topological polar surface area (TPSA) is 98.0 Å². The van der Waals surface area contributed by atoms with Gasteiger partial charge in [0.2, 0.25) is 5.95 Å². The second-order valence-electron chi connectivity index (χ2n) is 8.62. The molecule has 0 saturated carbocycles. The smallest absolute Gasteiger partial charge is 0.227 e. The zero-order valence-electron chi connectivity index (χ0n) is 18.9. The van der Waals surface area contributed by atoms with Crippen molar-refractivity contribution in [3.63, 3.8) is 0 Å². The molecule has 3 heterocycles. The van der Waals surface area contributed by atoms with Crippen LogP contribution in [0.15, 0.2) is 55.0 Å². The van der Waals surface area contributed by atoms with Crippen LogP contribution in [0, 0.1) is 0 Å². The van der Waals surface area contributed by atoms with Gasteiger partial charge in [0.25, 0.3) is 0 Å². The number of hydrogen-bond donors (Lipinski definition) is 2. The van der Waals surface area contributed by atoms with E-state index in [-0.39, 0.29) is 12.0 Å². The van der Waals surface area contributed by atoms with Crippen molar-refractivity contribution in [2.75, 3.05) is 19.0 Å². The standard InChI is InChI=1S/C25H26N6O2/c1-25(15-32)9-6-21-18(25)12-17(14-27-21)19-7-10-26-24(28-19)29-22-5-4-16(13-23(22)33-3)20-8-11-31(2)30-20/h4-5,7-8,10-14,32H,6,9,15H2,1-3H3,(H,26,28,29). The number of aromatic nitrogens is 5. The second kappa shape index (κ2) is 8.29. The van der Waals surface area contributed by atoms with E-state index in [2.05, 4.69) is 33.4 Å². The fourth-order valence-corrected chi connectivity index (χ4v) is 4.27. The van der Waals surface area contributed by atoms with Crippen LogP contribution in [0.3, 0.4) is 0 Å². The molecule has 168 valence electrons. The van der Waals surface area contributed by atoms with E-state index >= 15 is 0 Å². The molecule has 1 aliphatic rings. The van der Waals surface area contributed by atoms with Crippen LogP contribution < -0.4 is 10.1 Å². The first kappa shape index (κ1) is 21.1. The summed E-state index contributed by atoms with van der Waals surface area (Å²) in [5.41, 5.74) is 6.16. The summed E-state index contributed by atoms with van der Waals surface area (Å²) in [6.07, 6.45) is 7.26. The number of aryl methyl sites for hydroxylation is 2. The summed E-state index contributed by atoms with van der Waals surface area (Å²) in [5.74, 6) is 1.13. The van der Waals surface area contributed by atoms with Crippen LogP contribution in [-0.4, -0.2) is 43.6 Å². The highest BCUT2D eigenvalue weighted by atomic mass is 16.5. The summed E-state index contributed by atoms with van der Waals surface area (Å²) in [4.78, 5) is 13.7. The lowest BCUT2D eigenvalue weighted by atomic mass is 9.85. The Labute approximate surface area is 192 Å². The first-order valence-electron chi connectivity index (χ1n) is 10.9. The Hall–Kier alpha value is -3.78. The molecule has 5 rings (SSSR count). The van der Waals surface area contributed by atoms with E-state index in [1.807, 2.05) is 49.8 Å². The molecule has 0 amide bonds. The third kappa shape index (κ3) is 3.93. The minimum Gasteiger partial charge on any atom is -0.495 e. The van der Waals surface area contributed by atoms with Crippen LogP contribution in [0.25, 0.3) is 22.5 Å². The summed E-state index contributed by atoms with van der Waals surface area (Å²) in [6, 6.07) is 11.8. The molecule has 0 aliphatic heterocycles. The van der Waals surface area contributed by atoms with Gasteiger partial charge in [-0.05, 0) is 48.7 Å². The number of ether oxygens (including phenoxy) is 1. The summed E-state index contributed by atoms with van der Waals surface area (Å²) in [5, 5.41) is 17.6. The van der Waals surface area contributed by atoms with E-state index in [0.717, 1.165) is 52.3 Å². The highest BCUT2D eigenvalue weighted by Crippen LogP contribution is 2.39. The molecule has 0 spiro atoms. The minimum absolute atomic E-state index is 0.107. The van der Waals surface area contributed by atoms with Gasteiger partial charge in [-0.2, -0.15) is 5.10 Å². The van der Waals surface area contributed by atoms with E-state index in [1.54, 1.807) is 18.0 Å². The van der Waals surface area contributed by atoms with Crippen LogP contribution in [-0.2, 0) is 18.9 Å². The van der Waals surface area contributed by atoms with Crippen molar-refractivity contribution in [3.8, 4) is 28.3 Å². The molecule has 1 unspecified atom stereocenters. The molecule has 8 nitrogen and oxygen atoms in total. The van der Waals surface area contributed by atoms with E-state index in [9.17, 15) is 5.11 Å². The van der Waals surface area contributed by atoms with Crippen LogP contribution in [0.5, 0.6) is 5.75 Å². The number of aliphatic hydroxyl groups is 1. The number of rotatable bonds is 6. The van der Waals surface area contributed by atoms with E-state index in [1.165, 1.54) is 0 Å². The van der Waals surface area contributed by atoms with Crippen molar-refractivity contribution in [1.29, 1.82) is 0 Å². The number of aliphatic hydroxyl groups excluding tert-OH is 1. The molecule has 0 radical (unpaired) electrons. The van der Waals surface area contributed by atoms with Crippen LogP contribution in [0.1, 0.15) is 24.6 Å². The van der Waals surface area contributed by atoms with Crippen molar-refractivity contribution >= 4 is 11.6 Å². The van der Waals surface area contributed by atoms with Gasteiger partial charge in [-0.3, -0.25) is 9.67 Å². The predicted molar refractivity (Wildman–Crippen MR) is 127 cm³/mol. The number of anilines is 2. The van der Waals surface area contributed by atoms with Gasteiger partial charge in [0.05, 0.1) is 30.8 Å². The molecular formula is C25H26N6O2. The van der Waals surface area contributed by atoms with Gasteiger partial charge in [0, 0.05) is 47.9 Å². The maximum absolute atomic E-state index is 9.90. The molecular weight excluding hydrogens is 416 g/mol. The Morgan fingerprint density at radius 3 is 2.76 bits per heavy atom. The van der Waals surface area contributed by atoms with Crippen LogP contribution >= 0.6 is 0 Å². The van der Waals surface area contributed by atoms with E-state index in [4.69, 9.17) is 9.72 Å². The number of hydrogen-bond acceptors (Lipinski definition) is 7. The number of methoxy groups -OCH3 is 1. The Morgan fingerprint density at radius 2 is 2.00 bits per heavy atom. The molecule has 2 N–H and O–H groups in total. The molecule has 0 saturated heterocycles. The molecule has 1 aliphatic carbocycles. The van der Waals surface area contributed by atoms with Gasteiger partial charge in [0.1, 0.15) is 5.75 Å². The Morgan fingerprint density at radius 1 is 1.12 bits per heavy atom. The van der Waals surface area contributed by atoms with Crippen LogP contribution in [0.4, 0.5) is 11.6 Å². The molecule has 3 aromatic heterocycles. The maximum atomic E-state index is 9.90. The summed E-state index contributed by atoms with van der Waals surface area (Å²) in [7, 11) is 3.52. The van der Waals surface area contributed by atoms with E-state index < -0.39 is 0 Å². The first-order valence-corrected chi connectivity index (χ1v) is 10.9. The lowest BCUT2D eigenvalue weighted by Crippen LogP contribution is -2.23. The molecule has 33 heavy (non-hydrogen) atoms. The molecule has 1 atom stereocenters. The highest BCUT2D eigenvalue weighted by molar-refractivity contribution is 5.71. The monoisotopic (exact) mass is 442 g/mol. The zero-order valence-corrected chi connectivity index (χ0v) is 18.9. The van der Waals surface area contributed by atoms with Crippen molar-refractivity contribution in [2.24, 2.45) is 7.05 Å². The third-order valence-corrected chi connectivity index (χ3v) is 6.29. The van der Waals surface area contributed by atoms with Gasteiger partial charge in [0.15, 0.2) is 0 Å². The molecule has 0 bridgehead atoms. The van der Waals surface area contributed by atoms with Crippen molar-refractivity contribution in [1.82, 2.24) is 24.7 Å². The highest BCUT2D eigenvalue weighted by Gasteiger charge is 2.35. The summed E-state index contributed by atoms with van der Waals surface area (Å²) < 4.78 is 7.37. The van der Waals surface area contributed by atoms with Gasteiger partial charge in [-0.15, -0.1) is 0 Å². The molecule has 1 aromatic carbocycles. The average Bonchev–Trinajstić information content (AvgIpc) is 3.43. The molecule has 4 aromatic rings. The van der Waals surface area contributed by atoms with Crippen molar-refractivity contribution in [3.05, 3.63) is 66.2 Å². The van der Waals surface area contributed by atoms with Crippen LogP contribution in [0.2, 0.25) is 0 Å². The predicted octanol–water partition coefficient (Wildman–Crippen LogP) is 3.89. The first-order chi connectivity index (χ1) is 16.0. The zero-order chi connectivity index (χ0) is 23.0. The Kier molecular flexibility index (Phi) is 5.30. The second-order valence-corrected chi connectivity index (χ2v) is 8.62. The number of pyridine rings is 1.